The Morgan fingerprint density at radius 1 is 0.412 bits per heavy atom. The topological polar surface area (TPSA) is 468 Å². The van der Waals surface area contributed by atoms with E-state index in [0.29, 0.717) is 6.42 Å². The summed E-state index contributed by atoms with van der Waals surface area (Å²) >= 11 is 0. The van der Waals surface area contributed by atoms with Crippen LogP contribution in [0.25, 0.3) is 0 Å². The lowest BCUT2D eigenvalue weighted by molar-refractivity contribution is -0.189. The fraction of sp³-hybridized carbons (Fsp3) is 0.931. The molecule has 0 aromatic carbocycles. The van der Waals surface area contributed by atoms with Gasteiger partial charge in [0.2, 0.25) is 9.49 Å². The highest BCUT2D eigenvalue weighted by molar-refractivity contribution is 7.90. The molecule has 0 aromatic rings. The lowest BCUT2D eigenvalue weighted by atomic mass is 9.80. The van der Waals surface area contributed by atoms with E-state index in [2.05, 4.69) is 9.47 Å². The molecule has 0 aliphatic carbocycles. The quantitative estimate of drug-likeness (QED) is 0.242. The summed E-state index contributed by atoms with van der Waals surface area (Å²) in [5.41, 5.74) is 0. The van der Waals surface area contributed by atoms with Gasteiger partial charge in [-0.3, -0.25) is 38.9 Å². The van der Waals surface area contributed by atoms with Gasteiger partial charge in [-0.25, -0.2) is 0 Å². The standard InChI is InChI=1S/2C9H12O6S.C8H9F3O4S.2C8H9NO4S.2C8H12O4S/c1-4-5-3-9(8(10)13-2)7(14-5)6(4)15-16(9,11)12;1-3-5-4(9(10)13-2)8-7(14-5)6(3)15-16(8,11)12;1-2-4-3(8(9,10)11)7-6(14-4)5(2)15-16(7,12)13;1-4-5-2-8(3-9)7(12-5)6(4)13-14(8,10)11;1-3-5-4(2-9)8-7(12-5)6(3)13-14(8,10)11;1-4-5-3-8(2)7(11-5)6(4)12-13(8,9)10;1-3-5-4(2)8-7(11-5)6(3)12-13(8,9)10/h4-7H,3H2,1-2H3;3-8H,1-2H3;2-7H,1H3;4-7H,2H2,1H3;3-8H,1H3;4-7H,3H2,1-2H3;3-8H,1-2H3. The molecule has 21 saturated heterocycles. The second-order valence-corrected chi connectivity index (χ2v) is 43.2. The maximum Gasteiger partial charge on any atom is 0.395 e. The minimum Gasteiger partial charge on any atom is -0.469 e. The summed E-state index contributed by atoms with van der Waals surface area (Å²) < 4.78 is 280. The molecule has 21 aliphatic heterocycles. The molecule has 21 rings (SSSR count). The van der Waals surface area contributed by atoms with Crippen molar-refractivity contribution in [2.75, 3.05) is 14.2 Å². The monoisotopic (exact) mass is 1590 g/mol. The number of hydrogen-bond donors (Lipinski definition) is 0. The molecule has 102 heavy (non-hydrogen) atoms. The van der Waals surface area contributed by atoms with E-state index < -0.39 is 215 Å². The normalized spacial score (nSPS) is 56.2. The lowest BCUT2D eigenvalue weighted by Gasteiger charge is -2.27. The zero-order valence-electron chi connectivity index (χ0n) is 55.9. The number of carbonyl (C=O) groups is 2. The average molecular weight is 1590 g/mol. The summed E-state index contributed by atoms with van der Waals surface area (Å²) in [6, 6.07) is 3.90. The van der Waals surface area contributed by atoms with Gasteiger partial charge in [-0.1, -0.05) is 55.4 Å². The van der Waals surface area contributed by atoms with E-state index in [-0.39, 0.29) is 115 Å². The highest BCUT2D eigenvalue weighted by Crippen LogP contribution is 2.62. The van der Waals surface area contributed by atoms with Crippen molar-refractivity contribution in [1.29, 1.82) is 10.5 Å². The number of fused-ring (bicyclic) bond motifs is 7. The average Bonchev–Trinajstić information content (AvgIpc) is 1.53. The third kappa shape index (κ3) is 9.82. The lowest BCUT2D eigenvalue weighted by Crippen LogP contribution is -2.52. The van der Waals surface area contributed by atoms with Crippen LogP contribution in [0.5, 0.6) is 0 Å². The molecule has 39 unspecified atom stereocenters. The van der Waals surface area contributed by atoms with Crippen LogP contribution in [0.1, 0.15) is 81.6 Å². The van der Waals surface area contributed by atoms with E-state index in [9.17, 15) is 81.7 Å². The van der Waals surface area contributed by atoms with Crippen molar-refractivity contribution >= 4 is 82.8 Å². The number of alkyl halides is 3. The van der Waals surface area contributed by atoms with E-state index in [1.807, 2.05) is 60.6 Å². The number of carbonyl (C=O) groups excluding carboxylic acids is 2. The Balaban J connectivity index is 0.0000000963. The van der Waals surface area contributed by atoms with Crippen LogP contribution in [0.15, 0.2) is 0 Å². The van der Waals surface area contributed by atoms with Gasteiger partial charge in [-0.2, -0.15) is 82.6 Å². The summed E-state index contributed by atoms with van der Waals surface area (Å²) in [4.78, 5) is 23.3. The van der Waals surface area contributed by atoms with Crippen molar-refractivity contribution in [2.24, 2.45) is 65.1 Å². The molecule has 21 aliphatic rings. The molecule has 21 fully saturated rings. The van der Waals surface area contributed by atoms with Crippen LogP contribution in [-0.2, 0) is 152 Å². The molecule has 14 bridgehead atoms. The minimum absolute atomic E-state index is 0.0000520. The molecule has 34 nitrogen and oxygen atoms in total. The van der Waals surface area contributed by atoms with Gasteiger partial charge < -0.3 is 42.6 Å². The van der Waals surface area contributed by atoms with E-state index in [1.165, 1.54) is 21.1 Å². The van der Waals surface area contributed by atoms with Crippen LogP contribution in [0, 0.1) is 87.8 Å². The van der Waals surface area contributed by atoms with E-state index in [1.54, 1.807) is 6.92 Å². The number of methoxy groups -OCH3 is 2. The van der Waals surface area contributed by atoms with Gasteiger partial charge in [0.25, 0.3) is 70.8 Å². The smallest absolute Gasteiger partial charge is 0.395 e. The van der Waals surface area contributed by atoms with Crippen LogP contribution in [0.2, 0.25) is 0 Å². The third-order valence-corrected chi connectivity index (χ3v) is 38.5. The number of halogens is 3. The summed E-state index contributed by atoms with van der Waals surface area (Å²) in [6.45, 7) is 16.7. The summed E-state index contributed by atoms with van der Waals surface area (Å²) in [5.74, 6) is -4.59. The Labute approximate surface area is 586 Å². The molecule has 572 valence electrons. The molecule has 21 heterocycles. The van der Waals surface area contributed by atoms with Crippen molar-refractivity contribution in [3.63, 3.8) is 0 Å². The molecule has 0 aromatic heterocycles. The second kappa shape index (κ2) is 23.4. The Morgan fingerprint density at radius 3 is 1.33 bits per heavy atom. The molecule has 39 atom stereocenters. The number of hydrogen-bond acceptors (Lipinski definition) is 34. The van der Waals surface area contributed by atoms with Crippen LogP contribution >= 0.6 is 0 Å². The summed E-state index contributed by atoms with van der Waals surface area (Å²) in [6.07, 6.45) is -12.0. The molecule has 0 radical (unpaired) electrons. The fourth-order valence-corrected chi connectivity index (χ4v) is 33.1. The Bertz CT molecular complexity index is 4490. The van der Waals surface area contributed by atoms with Crippen molar-refractivity contribution in [3.05, 3.63) is 0 Å². The van der Waals surface area contributed by atoms with E-state index in [4.69, 9.17) is 73.0 Å². The molecule has 44 heteroatoms. The number of esters is 2. The number of nitriles is 2. The predicted molar refractivity (Wildman–Crippen MR) is 325 cm³/mol. The Morgan fingerprint density at radius 2 is 0.824 bits per heavy atom. The van der Waals surface area contributed by atoms with Crippen LogP contribution in [0.4, 0.5) is 13.2 Å². The maximum absolute atomic E-state index is 12.8. The Kier molecular flexibility index (Phi) is 17.1. The van der Waals surface area contributed by atoms with E-state index in [0.717, 1.165) is 0 Å². The molecule has 0 saturated carbocycles. The SMILES string of the molecule is CC1C2CC3(C#N)C(O2)C1OS3(=O)=O.CC1C2CC3(C)C(O2)C1OS3(=O)=O.CC1C2OC3C1OS(=O)(=O)C3C2C.CC1C2OC3C1OS(=O)(=O)C3C2C#N.CC1C2OS(=O)(=O)C3C2OC1C3C(F)(F)F.COC(=O)C12CC3OC1C(OS2(=O)=O)C3C.COC(=O)C1C2OC3C(OS(=O)(=O)C31)C2C. The number of ether oxygens (including phenoxy) is 9. The first-order valence-corrected chi connectivity index (χ1v) is 43.4. The maximum atomic E-state index is 12.8. The largest absolute Gasteiger partial charge is 0.469 e. The van der Waals surface area contributed by atoms with Gasteiger partial charge in [0.15, 0.2) is 0 Å². The minimum atomic E-state index is -4.57. The van der Waals surface area contributed by atoms with Crippen molar-refractivity contribution in [2.45, 2.75) is 251 Å². The molecule has 0 spiro atoms. The van der Waals surface area contributed by atoms with Crippen molar-refractivity contribution in [1.82, 2.24) is 0 Å². The van der Waals surface area contributed by atoms with Gasteiger partial charge in [-0.05, 0) is 13.3 Å². The predicted octanol–water partition coefficient (Wildman–Crippen LogP) is -0.754. The first-order valence-electron chi connectivity index (χ1n) is 33.3. The highest BCUT2D eigenvalue weighted by atomic mass is 32.2. The first kappa shape index (κ1) is 74.3. The summed E-state index contributed by atoms with van der Waals surface area (Å²) in [7, 11) is -23.4. The number of nitrogens with zero attached hydrogens (tertiary/aromatic N) is 2. The molecule has 0 N–H and O–H groups in total. The van der Waals surface area contributed by atoms with Crippen LogP contribution < -0.4 is 0 Å². The second-order valence-electron chi connectivity index (χ2n) is 30.6. The molecular formula is C58H75F3N2O32S7. The molecule has 0 amide bonds. The van der Waals surface area contributed by atoms with Gasteiger partial charge in [0.05, 0.1) is 75.0 Å². The fourth-order valence-electron chi connectivity index (χ4n) is 20.3. The Hall–Kier alpha value is -3.20. The summed E-state index contributed by atoms with van der Waals surface area (Å²) in [5, 5.41) is 14.3. The van der Waals surface area contributed by atoms with E-state index >= 15 is 0 Å². The van der Waals surface area contributed by atoms with Gasteiger partial charge in [0.1, 0.15) is 123 Å². The third-order valence-electron chi connectivity index (χ3n) is 25.7. The highest BCUT2D eigenvalue weighted by Gasteiger charge is 2.80. The van der Waals surface area contributed by atoms with Crippen molar-refractivity contribution < 1.29 is 154 Å². The molecular weight excluding hydrogens is 1520 g/mol. The van der Waals surface area contributed by atoms with Crippen molar-refractivity contribution in [3.8, 4) is 12.1 Å². The zero-order valence-corrected chi connectivity index (χ0v) is 61.6. The first-order chi connectivity index (χ1) is 47.2. The van der Waals surface area contributed by atoms with Gasteiger partial charge >= 0.3 is 18.1 Å². The zero-order chi connectivity index (χ0) is 74.3. The van der Waals surface area contributed by atoms with Crippen LogP contribution in [-0.4, -0.2) is 255 Å². The van der Waals surface area contributed by atoms with Gasteiger partial charge in [0, 0.05) is 60.2 Å². The number of rotatable bonds is 2. The van der Waals surface area contributed by atoms with Crippen LogP contribution in [0.3, 0.4) is 0 Å². The van der Waals surface area contributed by atoms with Gasteiger partial charge in [-0.15, -0.1) is 0 Å².